The Kier molecular flexibility index (Phi) is 2.97. The average molecular weight is 266 g/mol. The third kappa shape index (κ3) is 2.53. The van der Waals surface area contributed by atoms with E-state index in [1.54, 1.807) is 6.07 Å². The standard InChI is InChI=1S/C11H8BrNO2/c12-11(14)7-9-6-10(13-15-9)8-4-2-1-3-5-8/h1-6H,7H2. The van der Waals surface area contributed by atoms with Gasteiger partial charge in [0.25, 0.3) is 0 Å². The molecule has 0 unspecified atom stereocenters. The van der Waals surface area contributed by atoms with E-state index in [4.69, 9.17) is 4.52 Å². The van der Waals surface area contributed by atoms with Crippen molar-refractivity contribution < 1.29 is 9.32 Å². The molecule has 0 aliphatic carbocycles. The summed E-state index contributed by atoms with van der Waals surface area (Å²) in [7, 11) is 0. The van der Waals surface area contributed by atoms with Crippen LogP contribution in [0.2, 0.25) is 0 Å². The maximum absolute atomic E-state index is 10.8. The zero-order valence-electron chi connectivity index (χ0n) is 7.81. The number of carbonyl (C=O) groups is 1. The Labute approximate surface area is 95.2 Å². The van der Waals surface area contributed by atoms with Crippen molar-refractivity contribution in [2.45, 2.75) is 6.42 Å². The topological polar surface area (TPSA) is 43.1 Å². The summed E-state index contributed by atoms with van der Waals surface area (Å²) in [5.41, 5.74) is 1.73. The van der Waals surface area contributed by atoms with E-state index >= 15 is 0 Å². The van der Waals surface area contributed by atoms with Gasteiger partial charge in [-0.3, -0.25) is 4.79 Å². The predicted molar refractivity (Wildman–Crippen MR) is 59.6 cm³/mol. The Morgan fingerprint density at radius 1 is 1.33 bits per heavy atom. The molecule has 0 radical (unpaired) electrons. The molecule has 2 rings (SSSR count). The van der Waals surface area contributed by atoms with Gasteiger partial charge in [-0.25, -0.2) is 0 Å². The van der Waals surface area contributed by atoms with Gasteiger partial charge >= 0.3 is 0 Å². The second-order valence-corrected chi connectivity index (χ2v) is 3.96. The maximum atomic E-state index is 10.8. The zero-order valence-corrected chi connectivity index (χ0v) is 9.40. The van der Waals surface area contributed by atoms with Gasteiger partial charge < -0.3 is 4.52 Å². The summed E-state index contributed by atoms with van der Waals surface area (Å²) < 4.78 is 4.92. The van der Waals surface area contributed by atoms with Crippen LogP contribution in [-0.4, -0.2) is 9.85 Å². The molecule has 3 nitrogen and oxygen atoms in total. The molecule has 1 heterocycles. The highest BCUT2D eigenvalue weighted by Gasteiger charge is 2.08. The molecule has 0 atom stereocenters. The van der Waals surface area contributed by atoms with E-state index in [2.05, 4.69) is 21.1 Å². The van der Waals surface area contributed by atoms with Gasteiger partial charge in [0.1, 0.15) is 11.5 Å². The van der Waals surface area contributed by atoms with Gasteiger partial charge in [-0.1, -0.05) is 35.5 Å². The summed E-state index contributed by atoms with van der Waals surface area (Å²) in [4.78, 5) is 10.8. The molecular formula is C11H8BrNO2. The van der Waals surface area contributed by atoms with Crippen molar-refractivity contribution in [2.75, 3.05) is 0 Å². The van der Waals surface area contributed by atoms with E-state index in [-0.39, 0.29) is 11.1 Å². The number of benzene rings is 1. The van der Waals surface area contributed by atoms with Gasteiger partial charge in [0.15, 0.2) is 0 Å². The minimum absolute atomic E-state index is 0.113. The fourth-order valence-electron chi connectivity index (χ4n) is 1.28. The van der Waals surface area contributed by atoms with Crippen LogP contribution in [0.15, 0.2) is 40.9 Å². The van der Waals surface area contributed by atoms with Crippen molar-refractivity contribution in [1.29, 1.82) is 0 Å². The highest BCUT2D eigenvalue weighted by molar-refractivity contribution is 9.18. The molecule has 0 amide bonds. The number of hydrogen-bond donors (Lipinski definition) is 0. The van der Waals surface area contributed by atoms with Crippen LogP contribution in [0.1, 0.15) is 5.76 Å². The summed E-state index contributed by atoms with van der Waals surface area (Å²) in [5, 5.41) is 3.89. The third-order valence-corrected chi connectivity index (χ3v) is 2.22. The number of nitrogens with zero attached hydrogens (tertiary/aromatic N) is 1. The smallest absolute Gasteiger partial charge is 0.205 e. The van der Waals surface area contributed by atoms with Crippen LogP contribution in [0.5, 0.6) is 0 Å². The first kappa shape index (κ1) is 10.1. The Morgan fingerprint density at radius 2 is 2.07 bits per heavy atom. The minimum Gasteiger partial charge on any atom is -0.360 e. The predicted octanol–water partition coefficient (Wildman–Crippen LogP) is 2.81. The molecule has 0 N–H and O–H groups in total. The normalized spacial score (nSPS) is 10.2. The number of carbonyl (C=O) groups excluding carboxylic acids is 1. The lowest BCUT2D eigenvalue weighted by atomic mass is 10.1. The number of rotatable bonds is 3. The van der Waals surface area contributed by atoms with Crippen LogP contribution in [0.4, 0.5) is 0 Å². The molecule has 0 aliphatic rings. The summed E-state index contributed by atoms with van der Waals surface area (Å²) in [6, 6.07) is 11.5. The van der Waals surface area contributed by atoms with E-state index in [1.807, 2.05) is 30.3 Å². The first-order chi connectivity index (χ1) is 7.25. The summed E-state index contributed by atoms with van der Waals surface area (Å²) in [6.07, 6.45) is 0.222. The van der Waals surface area contributed by atoms with Gasteiger partial charge in [-0.2, -0.15) is 0 Å². The second-order valence-electron chi connectivity index (χ2n) is 3.08. The van der Waals surface area contributed by atoms with E-state index in [0.29, 0.717) is 5.76 Å². The number of aromatic nitrogens is 1. The number of halogens is 1. The fraction of sp³-hybridized carbons (Fsp3) is 0.0909. The van der Waals surface area contributed by atoms with Crippen LogP contribution < -0.4 is 0 Å². The molecule has 0 aliphatic heterocycles. The van der Waals surface area contributed by atoms with Gasteiger partial charge in [0.05, 0.1) is 6.42 Å². The van der Waals surface area contributed by atoms with Crippen molar-refractivity contribution >= 4 is 20.6 Å². The van der Waals surface area contributed by atoms with Crippen LogP contribution in [-0.2, 0) is 11.2 Å². The summed E-state index contributed by atoms with van der Waals surface area (Å²) in [6.45, 7) is 0. The Balaban J connectivity index is 2.24. The molecule has 0 spiro atoms. The van der Waals surface area contributed by atoms with Gasteiger partial charge in [-0.05, 0) is 15.9 Å². The molecule has 2 aromatic rings. The molecule has 0 saturated heterocycles. The highest BCUT2D eigenvalue weighted by atomic mass is 79.9. The lowest BCUT2D eigenvalue weighted by molar-refractivity contribution is -0.110. The first-order valence-corrected chi connectivity index (χ1v) is 5.24. The Hall–Kier alpha value is -1.42. The quantitative estimate of drug-likeness (QED) is 0.802. The van der Waals surface area contributed by atoms with Crippen LogP contribution in [0.25, 0.3) is 11.3 Å². The van der Waals surface area contributed by atoms with E-state index in [0.717, 1.165) is 11.3 Å². The highest BCUT2D eigenvalue weighted by Crippen LogP contribution is 2.19. The van der Waals surface area contributed by atoms with E-state index in [9.17, 15) is 4.79 Å². The van der Waals surface area contributed by atoms with Crippen LogP contribution in [0, 0.1) is 0 Å². The summed E-state index contributed by atoms with van der Waals surface area (Å²) in [5.74, 6) is 0.565. The van der Waals surface area contributed by atoms with Crippen LogP contribution in [0.3, 0.4) is 0 Å². The lowest BCUT2D eigenvalue weighted by Gasteiger charge is -1.91. The molecule has 0 bridgehead atoms. The Morgan fingerprint density at radius 3 is 2.73 bits per heavy atom. The maximum Gasteiger partial charge on any atom is 0.205 e. The lowest BCUT2D eigenvalue weighted by Crippen LogP contribution is -1.89. The van der Waals surface area contributed by atoms with Crippen LogP contribution >= 0.6 is 15.9 Å². The largest absolute Gasteiger partial charge is 0.360 e. The monoisotopic (exact) mass is 265 g/mol. The zero-order chi connectivity index (χ0) is 10.7. The molecule has 76 valence electrons. The average Bonchev–Trinajstić information content (AvgIpc) is 2.67. The SMILES string of the molecule is O=C(Br)Cc1cc(-c2ccccc2)no1. The third-order valence-electron chi connectivity index (χ3n) is 1.94. The molecular weight excluding hydrogens is 258 g/mol. The van der Waals surface area contributed by atoms with Crippen molar-refractivity contribution in [3.63, 3.8) is 0 Å². The van der Waals surface area contributed by atoms with Crippen molar-refractivity contribution in [3.05, 3.63) is 42.2 Å². The van der Waals surface area contributed by atoms with Gasteiger partial charge in [0, 0.05) is 11.6 Å². The Bertz CT molecular complexity index is 464. The first-order valence-electron chi connectivity index (χ1n) is 4.45. The fourth-order valence-corrected chi connectivity index (χ4v) is 1.55. The molecule has 1 aromatic heterocycles. The number of hydrogen-bond acceptors (Lipinski definition) is 3. The minimum atomic E-state index is -0.113. The van der Waals surface area contributed by atoms with Crippen molar-refractivity contribution in [2.24, 2.45) is 0 Å². The molecule has 1 aromatic carbocycles. The molecule has 0 saturated carbocycles. The molecule has 0 fully saturated rings. The summed E-state index contributed by atoms with van der Waals surface area (Å²) >= 11 is 2.85. The van der Waals surface area contributed by atoms with Crippen molar-refractivity contribution in [1.82, 2.24) is 5.16 Å². The van der Waals surface area contributed by atoms with Gasteiger partial charge in [0.2, 0.25) is 4.69 Å². The van der Waals surface area contributed by atoms with Crippen molar-refractivity contribution in [3.8, 4) is 11.3 Å². The van der Waals surface area contributed by atoms with E-state index < -0.39 is 0 Å². The van der Waals surface area contributed by atoms with E-state index in [1.165, 1.54) is 0 Å². The second kappa shape index (κ2) is 4.40. The molecule has 4 heteroatoms. The van der Waals surface area contributed by atoms with Gasteiger partial charge in [-0.15, -0.1) is 0 Å². The molecule has 15 heavy (non-hydrogen) atoms.